The molecule has 0 bridgehead atoms. The van der Waals surface area contributed by atoms with E-state index in [4.69, 9.17) is 10.5 Å². The molecule has 2 aromatic rings. The Balaban J connectivity index is 2.13. The van der Waals surface area contributed by atoms with Gasteiger partial charge in [0.05, 0.1) is 5.56 Å². The summed E-state index contributed by atoms with van der Waals surface area (Å²) in [5.41, 5.74) is 5.86. The molecule has 0 fully saturated rings. The highest BCUT2D eigenvalue weighted by molar-refractivity contribution is 9.10. The second kappa shape index (κ2) is 6.00. The highest BCUT2D eigenvalue weighted by Gasteiger charge is 2.16. The molecule has 2 N–H and O–H groups in total. The third-order valence-electron chi connectivity index (χ3n) is 2.63. The third kappa shape index (κ3) is 3.14. The second-order valence-corrected chi connectivity index (χ2v) is 4.88. The van der Waals surface area contributed by atoms with Crippen molar-refractivity contribution in [3.05, 3.63) is 63.6 Å². The van der Waals surface area contributed by atoms with Crippen molar-refractivity contribution in [3.63, 3.8) is 0 Å². The Kier molecular flexibility index (Phi) is 4.34. The first-order valence-electron chi connectivity index (χ1n) is 5.64. The molecule has 0 saturated carbocycles. The summed E-state index contributed by atoms with van der Waals surface area (Å²) in [6, 6.07) is 8.67. The SMILES string of the molecule is Nc1cc(F)c(F)cc1C(=O)OCc1ccccc1Br. The number of halogens is 3. The molecular formula is C14H10BrF2NO2. The Morgan fingerprint density at radius 2 is 1.85 bits per heavy atom. The molecule has 0 radical (unpaired) electrons. The first-order valence-corrected chi connectivity index (χ1v) is 6.43. The Bertz CT molecular complexity index is 662. The lowest BCUT2D eigenvalue weighted by Gasteiger charge is -2.08. The molecule has 0 aliphatic heterocycles. The van der Waals surface area contributed by atoms with Crippen LogP contribution in [0.2, 0.25) is 0 Å². The van der Waals surface area contributed by atoms with Crippen LogP contribution in [0.25, 0.3) is 0 Å². The molecule has 0 amide bonds. The molecule has 0 unspecified atom stereocenters. The van der Waals surface area contributed by atoms with Gasteiger partial charge in [-0.3, -0.25) is 0 Å². The summed E-state index contributed by atoms with van der Waals surface area (Å²) in [6.07, 6.45) is 0. The van der Waals surface area contributed by atoms with Crippen LogP contribution in [0.1, 0.15) is 15.9 Å². The number of carbonyl (C=O) groups excluding carboxylic acids is 1. The van der Waals surface area contributed by atoms with E-state index < -0.39 is 17.6 Å². The molecule has 0 aromatic heterocycles. The van der Waals surface area contributed by atoms with Gasteiger partial charge in [-0.05, 0) is 12.1 Å². The van der Waals surface area contributed by atoms with Crippen molar-refractivity contribution < 1.29 is 18.3 Å². The maximum Gasteiger partial charge on any atom is 0.340 e. The van der Waals surface area contributed by atoms with Crippen LogP contribution in [-0.2, 0) is 11.3 Å². The average molecular weight is 342 g/mol. The number of nitrogens with two attached hydrogens (primary N) is 1. The zero-order chi connectivity index (χ0) is 14.7. The number of rotatable bonds is 3. The number of hydrogen-bond acceptors (Lipinski definition) is 3. The van der Waals surface area contributed by atoms with E-state index in [-0.39, 0.29) is 17.9 Å². The standard InChI is InChI=1S/C14H10BrF2NO2/c15-10-4-2-1-3-8(10)7-20-14(19)9-5-11(16)12(17)6-13(9)18/h1-6H,7,18H2. The second-order valence-electron chi connectivity index (χ2n) is 4.02. The summed E-state index contributed by atoms with van der Waals surface area (Å²) in [5.74, 6) is -3.06. The van der Waals surface area contributed by atoms with Gasteiger partial charge in [0.25, 0.3) is 0 Å². The summed E-state index contributed by atoms with van der Waals surface area (Å²) in [6.45, 7) is -0.00130. The fourth-order valence-corrected chi connectivity index (χ4v) is 1.97. The Hall–Kier alpha value is -1.95. The Morgan fingerprint density at radius 3 is 2.55 bits per heavy atom. The smallest absolute Gasteiger partial charge is 0.340 e. The van der Waals surface area contributed by atoms with Crippen LogP contribution in [0.3, 0.4) is 0 Å². The van der Waals surface area contributed by atoms with Gasteiger partial charge in [0.15, 0.2) is 11.6 Å². The number of benzene rings is 2. The zero-order valence-electron chi connectivity index (χ0n) is 10.2. The van der Waals surface area contributed by atoms with Crippen LogP contribution in [0.15, 0.2) is 40.9 Å². The average Bonchev–Trinajstić information content (AvgIpc) is 2.41. The molecule has 6 heteroatoms. The summed E-state index contributed by atoms with van der Waals surface area (Å²) < 4.78 is 31.8. The van der Waals surface area contributed by atoms with Gasteiger partial charge in [0.1, 0.15) is 6.61 Å². The van der Waals surface area contributed by atoms with E-state index in [1.54, 1.807) is 18.2 Å². The number of nitrogen functional groups attached to an aromatic ring is 1. The van der Waals surface area contributed by atoms with Gasteiger partial charge in [-0.1, -0.05) is 34.1 Å². The minimum atomic E-state index is -1.15. The Morgan fingerprint density at radius 1 is 1.20 bits per heavy atom. The lowest BCUT2D eigenvalue weighted by molar-refractivity contribution is 0.0472. The molecule has 20 heavy (non-hydrogen) atoms. The van der Waals surface area contributed by atoms with Gasteiger partial charge in [-0.25, -0.2) is 13.6 Å². The predicted octanol–water partition coefficient (Wildman–Crippen LogP) is 3.67. The van der Waals surface area contributed by atoms with E-state index >= 15 is 0 Å². The van der Waals surface area contributed by atoms with Crippen LogP contribution >= 0.6 is 15.9 Å². The maximum atomic E-state index is 13.1. The fourth-order valence-electron chi connectivity index (χ4n) is 1.58. The van der Waals surface area contributed by atoms with Crippen molar-refractivity contribution in [3.8, 4) is 0 Å². The predicted molar refractivity (Wildman–Crippen MR) is 74.0 cm³/mol. The molecule has 2 aromatic carbocycles. The number of hydrogen-bond donors (Lipinski definition) is 1. The van der Waals surface area contributed by atoms with Gasteiger partial charge in [-0.2, -0.15) is 0 Å². The van der Waals surface area contributed by atoms with Crippen molar-refractivity contribution in [2.75, 3.05) is 5.73 Å². The van der Waals surface area contributed by atoms with Gasteiger partial charge >= 0.3 is 5.97 Å². The number of anilines is 1. The minimum absolute atomic E-state index is 0.00130. The summed E-state index contributed by atoms with van der Waals surface area (Å²) in [5, 5.41) is 0. The molecular weight excluding hydrogens is 332 g/mol. The molecule has 0 aliphatic carbocycles. The molecule has 2 rings (SSSR count). The minimum Gasteiger partial charge on any atom is -0.457 e. The van der Waals surface area contributed by atoms with Crippen LogP contribution in [0.5, 0.6) is 0 Å². The van der Waals surface area contributed by atoms with Crippen molar-refractivity contribution in [2.24, 2.45) is 0 Å². The lowest BCUT2D eigenvalue weighted by Crippen LogP contribution is -2.09. The first-order chi connectivity index (χ1) is 9.49. The molecule has 0 spiro atoms. The summed E-state index contributed by atoms with van der Waals surface area (Å²) in [4.78, 5) is 11.8. The molecule has 0 heterocycles. The van der Waals surface area contributed by atoms with E-state index in [1.165, 1.54) is 0 Å². The third-order valence-corrected chi connectivity index (χ3v) is 3.40. The van der Waals surface area contributed by atoms with Crippen LogP contribution in [0, 0.1) is 11.6 Å². The van der Waals surface area contributed by atoms with Gasteiger partial charge < -0.3 is 10.5 Å². The quantitative estimate of drug-likeness (QED) is 0.684. The van der Waals surface area contributed by atoms with Crippen LogP contribution < -0.4 is 5.73 Å². The zero-order valence-corrected chi connectivity index (χ0v) is 11.8. The molecule has 0 atom stereocenters. The van der Waals surface area contributed by atoms with Crippen molar-refractivity contribution in [2.45, 2.75) is 6.61 Å². The van der Waals surface area contributed by atoms with Crippen molar-refractivity contribution in [1.82, 2.24) is 0 Å². The normalized spacial score (nSPS) is 10.3. The van der Waals surface area contributed by atoms with E-state index in [1.807, 2.05) is 6.07 Å². The lowest BCUT2D eigenvalue weighted by atomic mass is 10.1. The highest BCUT2D eigenvalue weighted by atomic mass is 79.9. The first kappa shape index (κ1) is 14.5. The van der Waals surface area contributed by atoms with Gasteiger partial charge in [0.2, 0.25) is 0 Å². The van der Waals surface area contributed by atoms with E-state index in [9.17, 15) is 13.6 Å². The number of carbonyl (C=O) groups is 1. The van der Waals surface area contributed by atoms with Crippen LogP contribution in [0.4, 0.5) is 14.5 Å². The van der Waals surface area contributed by atoms with Crippen molar-refractivity contribution >= 4 is 27.6 Å². The van der Waals surface area contributed by atoms with Gasteiger partial charge in [-0.15, -0.1) is 0 Å². The van der Waals surface area contributed by atoms with Crippen molar-refractivity contribution in [1.29, 1.82) is 0 Å². The maximum absolute atomic E-state index is 13.1. The van der Waals surface area contributed by atoms with E-state index in [0.717, 1.165) is 22.2 Å². The molecule has 0 aliphatic rings. The topological polar surface area (TPSA) is 52.3 Å². The largest absolute Gasteiger partial charge is 0.457 e. The molecule has 0 saturated heterocycles. The number of esters is 1. The molecule has 3 nitrogen and oxygen atoms in total. The number of ether oxygens (including phenoxy) is 1. The molecule has 104 valence electrons. The van der Waals surface area contributed by atoms with E-state index in [2.05, 4.69) is 15.9 Å². The monoisotopic (exact) mass is 341 g/mol. The summed E-state index contributed by atoms with van der Waals surface area (Å²) >= 11 is 3.31. The summed E-state index contributed by atoms with van der Waals surface area (Å²) in [7, 11) is 0. The van der Waals surface area contributed by atoms with Crippen LogP contribution in [-0.4, -0.2) is 5.97 Å². The van der Waals surface area contributed by atoms with E-state index in [0.29, 0.717) is 0 Å². The van der Waals surface area contributed by atoms with Gasteiger partial charge in [0, 0.05) is 21.8 Å². The Labute approximate surface area is 122 Å². The highest BCUT2D eigenvalue weighted by Crippen LogP contribution is 2.20. The fraction of sp³-hybridized carbons (Fsp3) is 0.0714.